The molecule has 6 heteroatoms. The summed E-state index contributed by atoms with van der Waals surface area (Å²) in [6.45, 7) is 3.74. The highest BCUT2D eigenvalue weighted by molar-refractivity contribution is 5.87. The van der Waals surface area contributed by atoms with E-state index in [2.05, 4.69) is 15.3 Å². The van der Waals surface area contributed by atoms with Crippen LogP contribution in [-0.2, 0) is 16.1 Å². The van der Waals surface area contributed by atoms with Crippen molar-refractivity contribution in [2.45, 2.75) is 52.1 Å². The van der Waals surface area contributed by atoms with E-state index in [1.165, 1.54) is 6.92 Å². The molecule has 26 heavy (non-hydrogen) atoms. The van der Waals surface area contributed by atoms with Gasteiger partial charge in [-0.3, -0.25) is 9.59 Å². The Morgan fingerprint density at radius 2 is 1.92 bits per heavy atom. The zero-order valence-electron chi connectivity index (χ0n) is 15.7. The molecule has 0 spiro atoms. The van der Waals surface area contributed by atoms with Crippen LogP contribution in [0.4, 0.5) is 0 Å². The van der Waals surface area contributed by atoms with Crippen molar-refractivity contribution in [2.24, 2.45) is 5.92 Å². The van der Waals surface area contributed by atoms with Gasteiger partial charge >= 0.3 is 0 Å². The van der Waals surface area contributed by atoms with Crippen molar-refractivity contribution in [1.29, 1.82) is 0 Å². The average molecular weight is 354 g/mol. The summed E-state index contributed by atoms with van der Waals surface area (Å²) in [5.41, 5.74) is 1.78. The van der Waals surface area contributed by atoms with E-state index >= 15 is 0 Å². The van der Waals surface area contributed by atoms with E-state index in [1.807, 2.05) is 31.2 Å². The first-order valence-electron chi connectivity index (χ1n) is 9.20. The highest BCUT2D eigenvalue weighted by Gasteiger charge is 2.33. The van der Waals surface area contributed by atoms with E-state index < -0.39 is 6.04 Å². The number of carbonyl (C=O) groups is 2. The molecule has 1 fully saturated rings. The lowest BCUT2D eigenvalue weighted by atomic mass is 9.96. The summed E-state index contributed by atoms with van der Waals surface area (Å²) >= 11 is 0. The van der Waals surface area contributed by atoms with Crippen molar-refractivity contribution in [3.05, 3.63) is 35.8 Å². The summed E-state index contributed by atoms with van der Waals surface area (Å²) in [6, 6.07) is 7.40. The zero-order chi connectivity index (χ0) is 18.7. The van der Waals surface area contributed by atoms with Crippen LogP contribution in [0.2, 0.25) is 0 Å². The van der Waals surface area contributed by atoms with Gasteiger partial charge in [-0.2, -0.15) is 0 Å². The average Bonchev–Trinajstić information content (AvgIpc) is 3.13. The number of amides is 2. The van der Waals surface area contributed by atoms with E-state index in [-0.39, 0.29) is 17.7 Å². The Balaban J connectivity index is 1.78. The zero-order valence-corrected chi connectivity index (χ0v) is 15.7. The molecule has 1 aromatic heterocycles. The van der Waals surface area contributed by atoms with E-state index in [9.17, 15) is 9.59 Å². The van der Waals surface area contributed by atoms with E-state index in [0.717, 1.165) is 42.3 Å². The summed E-state index contributed by atoms with van der Waals surface area (Å²) in [7, 11) is 1.75. The van der Waals surface area contributed by atoms with Crippen molar-refractivity contribution in [1.82, 2.24) is 20.2 Å². The van der Waals surface area contributed by atoms with Crippen LogP contribution < -0.4 is 5.32 Å². The minimum Gasteiger partial charge on any atom is -0.344 e. The Morgan fingerprint density at radius 3 is 2.62 bits per heavy atom. The topological polar surface area (TPSA) is 75.2 Å². The Bertz CT molecular complexity index is 815. The van der Waals surface area contributed by atoms with Gasteiger partial charge in [0.2, 0.25) is 11.8 Å². The molecular formula is C20H26N4O2. The third kappa shape index (κ3) is 4.00. The third-order valence-corrected chi connectivity index (χ3v) is 5.09. The molecule has 1 aliphatic carbocycles. The van der Waals surface area contributed by atoms with Crippen molar-refractivity contribution in [3.63, 3.8) is 0 Å². The molecule has 0 bridgehead atoms. The molecule has 1 saturated carbocycles. The summed E-state index contributed by atoms with van der Waals surface area (Å²) in [4.78, 5) is 35.3. The highest BCUT2D eigenvalue weighted by Crippen LogP contribution is 2.28. The molecule has 0 saturated heterocycles. The quantitative estimate of drug-likeness (QED) is 0.895. The lowest BCUT2D eigenvalue weighted by Crippen LogP contribution is -2.50. The number of benzene rings is 1. The van der Waals surface area contributed by atoms with Gasteiger partial charge in [-0.25, -0.2) is 9.97 Å². The Kier molecular flexibility index (Phi) is 5.49. The molecule has 1 atom stereocenters. The van der Waals surface area contributed by atoms with Crippen molar-refractivity contribution in [3.8, 4) is 0 Å². The fourth-order valence-corrected chi connectivity index (χ4v) is 3.78. The van der Waals surface area contributed by atoms with Crippen LogP contribution in [0, 0.1) is 12.8 Å². The number of aromatic nitrogens is 2. The Hall–Kier alpha value is -2.50. The number of nitrogens with one attached hydrogen (secondary N) is 1. The molecule has 1 heterocycles. The second-order valence-electron chi connectivity index (χ2n) is 7.16. The second-order valence-corrected chi connectivity index (χ2v) is 7.16. The van der Waals surface area contributed by atoms with Gasteiger partial charge in [-0.15, -0.1) is 0 Å². The van der Waals surface area contributed by atoms with Gasteiger partial charge in [0, 0.05) is 25.1 Å². The number of aryl methyl sites for hydroxylation is 1. The SMILES string of the molecule is CC(=O)NC(C(=O)N(C)Cc1nc(C)c2ccccc2n1)C1CCCC1. The van der Waals surface area contributed by atoms with Gasteiger partial charge in [0.05, 0.1) is 12.1 Å². The molecule has 3 rings (SSSR count). The van der Waals surface area contributed by atoms with Gasteiger partial charge in [0.25, 0.3) is 0 Å². The first kappa shape index (κ1) is 18.3. The number of hydrogen-bond donors (Lipinski definition) is 1. The van der Waals surface area contributed by atoms with Crippen LogP contribution in [0.1, 0.15) is 44.1 Å². The van der Waals surface area contributed by atoms with E-state index in [1.54, 1.807) is 11.9 Å². The molecule has 2 aromatic rings. The maximum atomic E-state index is 13.0. The lowest BCUT2D eigenvalue weighted by molar-refractivity contribution is -0.137. The van der Waals surface area contributed by atoms with Crippen LogP contribution in [0.3, 0.4) is 0 Å². The summed E-state index contributed by atoms with van der Waals surface area (Å²) in [5, 5.41) is 3.88. The molecule has 2 amide bonds. The number of nitrogens with zero attached hydrogens (tertiary/aromatic N) is 3. The minimum absolute atomic E-state index is 0.0680. The first-order chi connectivity index (χ1) is 12.5. The summed E-state index contributed by atoms with van der Waals surface area (Å²) in [6.07, 6.45) is 4.20. The molecule has 6 nitrogen and oxygen atoms in total. The molecule has 1 N–H and O–H groups in total. The number of likely N-dealkylation sites (N-methyl/N-ethyl adjacent to an activating group) is 1. The second kappa shape index (κ2) is 7.81. The highest BCUT2D eigenvalue weighted by atomic mass is 16.2. The van der Waals surface area contributed by atoms with Gasteiger partial charge in [0.1, 0.15) is 11.9 Å². The predicted octanol–water partition coefficient (Wildman–Crippen LogP) is 2.59. The number of para-hydroxylation sites is 1. The largest absolute Gasteiger partial charge is 0.344 e. The molecule has 1 aliphatic rings. The van der Waals surface area contributed by atoms with Crippen molar-refractivity contribution >= 4 is 22.7 Å². The number of rotatable bonds is 5. The number of hydrogen-bond acceptors (Lipinski definition) is 4. The monoisotopic (exact) mass is 354 g/mol. The van der Waals surface area contributed by atoms with Gasteiger partial charge < -0.3 is 10.2 Å². The third-order valence-electron chi connectivity index (χ3n) is 5.09. The summed E-state index contributed by atoms with van der Waals surface area (Å²) < 4.78 is 0. The van der Waals surface area contributed by atoms with Gasteiger partial charge in [-0.05, 0) is 31.7 Å². The molecule has 1 unspecified atom stereocenters. The Morgan fingerprint density at radius 1 is 1.23 bits per heavy atom. The molecule has 0 radical (unpaired) electrons. The first-order valence-corrected chi connectivity index (χ1v) is 9.20. The van der Waals surface area contributed by atoms with Gasteiger partial charge in [0.15, 0.2) is 0 Å². The molecule has 138 valence electrons. The van der Waals surface area contributed by atoms with E-state index in [0.29, 0.717) is 12.4 Å². The minimum atomic E-state index is -0.457. The maximum Gasteiger partial charge on any atom is 0.245 e. The fraction of sp³-hybridized carbons (Fsp3) is 0.500. The predicted molar refractivity (Wildman–Crippen MR) is 100 cm³/mol. The number of carbonyl (C=O) groups excluding carboxylic acids is 2. The van der Waals surface area contributed by atoms with Gasteiger partial charge in [-0.1, -0.05) is 31.0 Å². The fourth-order valence-electron chi connectivity index (χ4n) is 3.78. The molecular weight excluding hydrogens is 328 g/mol. The van der Waals surface area contributed by atoms with E-state index in [4.69, 9.17) is 0 Å². The van der Waals surface area contributed by atoms with Crippen LogP contribution in [0.5, 0.6) is 0 Å². The van der Waals surface area contributed by atoms with Crippen molar-refractivity contribution in [2.75, 3.05) is 7.05 Å². The Labute approximate surface area is 154 Å². The molecule has 1 aromatic carbocycles. The maximum absolute atomic E-state index is 13.0. The standard InChI is InChI=1S/C20H26N4O2/c1-13-16-10-6-7-11-17(16)23-18(21-13)12-24(3)20(26)19(22-14(2)25)15-8-4-5-9-15/h6-7,10-11,15,19H,4-5,8-9,12H2,1-3H3,(H,22,25). The van der Waals surface area contributed by atoms with Crippen LogP contribution in [-0.4, -0.2) is 39.8 Å². The van der Waals surface area contributed by atoms with Crippen molar-refractivity contribution < 1.29 is 9.59 Å². The van der Waals surface area contributed by atoms with Crippen LogP contribution >= 0.6 is 0 Å². The molecule has 0 aliphatic heterocycles. The normalized spacial score (nSPS) is 15.8. The van der Waals surface area contributed by atoms with Crippen LogP contribution in [0.25, 0.3) is 10.9 Å². The number of fused-ring (bicyclic) bond motifs is 1. The van der Waals surface area contributed by atoms with Crippen LogP contribution in [0.15, 0.2) is 24.3 Å². The smallest absolute Gasteiger partial charge is 0.245 e. The lowest BCUT2D eigenvalue weighted by Gasteiger charge is -2.28. The summed E-state index contributed by atoms with van der Waals surface area (Å²) in [5.74, 6) is 0.598.